The summed E-state index contributed by atoms with van der Waals surface area (Å²) < 4.78 is 10.9. The number of methoxy groups -OCH3 is 1. The van der Waals surface area contributed by atoms with Gasteiger partial charge in [-0.3, -0.25) is 0 Å². The fraction of sp³-hybridized carbons (Fsp3) is 0.455. The molecule has 0 amide bonds. The minimum atomic E-state index is 0.0360. The van der Waals surface area contributed by atoms with Crippen molar-refractivity contribution in [3.63, 3.8) is 0 Å². The van der Waals surface area contributed by atoms with Crippen LogP contribution in [0.15, 0.2) is 18.2 Å². The van der Waals surface area contributed by atoms with Crippen molar-refractivity contribution in [3.8, 4) is 5.75 Å². The Kier molecular flexibility index (Phi) is 2.70. The molecule has 1 aromatic carbocycles. The summed E-state index contributed by atoms with van der Waals surface area (Å²) in [6, 6.07) is 6.03. The summed E-state index contributed by atoms with van der Waals surface area (Å²) in [5, 5.41) is 0. The van der Waals surface area contributed by atoms with Gasteiger partial charge in [-0.25, -0.2) is 0 Å². The zero-order valence-electron chi connectivity index (χ0n) is 8.32. The van der Waals surface area contributed by atoms with Crippen molar-refractivity contribution in [2.75, 3.05) is 20.3 Å². The maximum atomic E-state index is 5.64. The highest BCUT2D eigenvalue weighted by Crippen LogP contribution is 2.32. The minimum Gasteiger partial charge on any atom is -0.496 e. The van der Waals surface area contributed by atoms with E-state index in [0.29, 0.717) is 6.54 Å². The topological polar surface area (TPSA) is 44.5 Å². The fourth-order valence-electron chi connectivity index (χ4n) is 1.93. The van der Waals surface area contributed by atoms with Gasteiger partial charge in [-0.15, -0.1) is 0 Å². The largest absolute Gasteiger partial charge is 0.496 e. The van der Waals surface area contributed by atoms with Gasteiger partial charge >= 0.3 is 0 Å². The Balaban J connectivity index is 2.43. The Morgan fingerprint density at radius 1 is 1.57 bits per heavy atom. The van der Waals surface area contributed by atoms with Crippen LogP contribution in [0, 0.1) is 0 Å². The summed E-state index contributed by atoms with van der Waals surface area (Å²) in [6.45, 7) is 1.26. The molecule has 1 unspecified atom stereocenters. The first-order valence-electron chi connectivity index (χ1n) is 4.84. The van der Waals surface area contributed by atoms with Gasteiger partial charge in [0.2, 0.25) is 0 Å². The van der Waals surface area contributed by atoms with E-state index in [1.807, 2.05) is 12.1 Å². The van der Waals surface area contributed by atoms with Gasteiger partial charge in [0.25, 0.3) is 0 Å². The Labute approximate surface area is 83.8 Å². The van der Waals surface area contributed by atoms with Gasteiger partial charge in [-0.05, 0) is 18.1 Å². The lowest BCUT2D eigenvalue weighted by molar-refractivity contribution is 0.0477. The number of benzene rings is 1. The monoisotopic (exact) mass is 193 g/mol. The van der Waals surface area contributed by atoms with Crippen LogP contribution in [0.1, 0.15) is 17.2 Å². The van der Waals surface area contributed by atoms with Gasteiger partial charge < -0.3 is 15.2 Å². The highest BCUT2D eigenvalue weighted by atomic mass is 16.5. The molecule has 0 fully saturated rings. The maximum absolute atomic E-state index is 5.64. The van der Waals surface area contributed by atoms with Crippen LogP contribution in [0.25, 0.3) is 0 Å². The van der Waals surface area contributed by atoms with Crippen LogP contribution in [-0.4, -0.2) is 20.3 Å². The number of hydrogen-bond acceptors (Lipinski definition) is 3. The Hall–Kier alpha value is -1.06. The molecule has 1 aromatic rings. The highest BCUT2D eigenvalue weighted by molar-refractivity contribution is 5.42. The third kappa shape index (κ3) is 1.49. The van der Waals surface area contributed by atoms with Crippen LogP contribution in [0.2, 0.25) is 0 Å². The van der Waals surface area contributed by atoms with E-state index < -0.39 is 0 Å². The third-order valence-corrected chi connectivity index (χ3v) is 2.62. The lowest BCUT2D eigenvalue weighted by atomic mass is 9.96. The molecule has 1 aliphatic heterocycles. The summed E-state index contributed by atoms with van der Waals surface area (Å²) in [7, 11) is 1.70. The van der Waals surface area contributed by atoms with E-state index in [2.05, 4.69) is 6.07 Å². The van der Waals surface area contributed by atoms with E-state index in [4.69, 9.17) is 15.2 Å². The predicted octanol–water partition coefficient (Wildman–Crippen LogP) is 1.27. The molecular formula is C11H15NO2. The zero-order valence-corrected chi connectivity index (χ0v) is 8.32. The van der Waals surface area contributed by atoms with Crippen molar-refractivity contribution in [2.45, 2.75) is 12.5 Å². The van der Waals surface area contributed by atoms with Gasteiger partial charge in [0, 0.05) is 12.1 Å². The molecule has 2 N–H and O–H groups in total. The number of nitrogens with two attached hydrogens (primary N) is 1. The first-order valence-corrected chi connectivity index (χ1v) is 4.84. The number of rotatable bonds is 2. The summed E-state index contributed by atoms with van der Waals surface area (Å²) in [5.41, 5.74) is 8.07. The van der Waals surface area contributed by atoms with Gasteiger partial charge in [0.05, 0.1) is 19.8 Å². The molecule has 0 aromatic heterocycles. The predicted molar refractivity (Wildman–Crippen MR) is 54.4 cm³/mol. The van der Waals surface area contributed by atoms with Crippen LogP contribution in [0.4, 0.5) is 0 Å². The van der Waals surface area contributed by atoms with E-state index in [9.17, 15) is 0 Å². The molecule has 0 saturated carbocycles. The summed E-state index contributed by atoms with van der Waals surface area (Å²) >= 11 is 0. The minimum absolute atomic E-state index is 0.0360. The van der Waals surface area contributed by atoms with E-state index in [1.54, 1.807) is 7.11 Å². The van der Waals surface area contributed by atoms with E-state index >= 15 is 0 Å². The smallest absolute Gasteiger partial charge is 0.122 e. The van der Waals surface area contributed by atoms with Crippen molar-refractivity contribution in [1.29, 1.82) is 0 Å². The van der Waals surface area contributed by atoms with Gasteiger partial charge in [-0.1, -0.05) is 12.1 Å². The van der Waals surface area contributed by atoms with Crippen molar-refractivity contribution < 1.29 is 9.47 Å². The Morgan fingerprint density at radius 3 is 3.14 bits per heavy atom. The summed E-state index contributed by atoms with van der Waals surface area (Å²) in [6.07, 6.45) is 0.949. The number of ether oxygens (including phenoxy) is 2. The van der Waals surface area contributed by atoms with Crippen LogP contribution in [0.5, 0.6) is 5.75 Å². The molecule has 0 radical (unpaired) electrons. The first kappa shape index (κ1) is 9.49. The molecule has 3 nitrogen and oxygen atoms in total. The Morgan fingerprint density at radius 2 is 2.43 bits per heavy atom. The Bertz CT molecular complexity index is 325. The van der Waals surface area contributed by atoms with Crippen LogP contribution in [-0.2, 0) is 11.2 Å². The van der Waals surface area contributed by atoms with Crippen molar-refractivity contribution in [1.82, 2.24) is 0 Å². The second-order valence-corrected chi connectivity index (χ2v) is 3.37. The molecule has 0 bridgehead atoms. The first-order chi connectivity index (χ1) is 6.86. The SMILES string of the molecule is COc1cccc2c1CCOC2CN. The van der Waals surface area contributed by atoms with Gasteiger partial charge in [0.15, 0.2) is 0 Å². The normalized spacial score (nSPS) is 20.3. The molecule has 14 heavy (non-hydrogen) atoms. The molecule has 0 aliphatic carbocycles. The molecular weight excluding hydrogens is 178 g/mol. The lowest BCUT2D eigenvalue weighted by Crippen LogP contribution is -2.23. The van der Waals surface area contributed by atoms with E-state index in [0.717, 1.165) is 18.8 Å². The second-order valence-electron chi connectivity index (χ2n) is 3.37. The van der Waals surface area contributed by atoms with E-state index in [1.165, 1.54) is 11.1 Å². The van der Waals surface area contributed by atoms with Crippen molar-refractivity contribution >= 4 is 0 Å². The highest BCUT2D eigenvalue weighted by Gasteiger charge is 2.21. The number of hydrogen-bond donors (Lipinski definition) is 1. The van der Waals surface area contributed by atoms with Crippen molar-refractivity contribution in [2.24, 2.45) is 5.73 Å². The summed E-state index contributed by atoms with van der Waals surface area (Å²) in [4.78, 5) is 0. The maximum Gasteiger partial charge on any atom is 0.122 e. The molecule has 2 rings (SSSR count). The third-order valence-electron chi connectivity index (χ3n) is 2.62. The van der Waals surface area contributed by atoms with Gasteiger partial charge in [0.1, 0.15) is 5.75 Å². The molecule has 76 valence electrons. The van der Waals surface area contributed by atoms with Crippen LogP contribution < -0.4 is 10.5 Å². The van der Waals surface area contributed by atoms with Gasteiger partial charge in [-0.2, -0.15) is 0 Å². The van der Waals surface area contributed by atoms with E-state index in [-0.39, 0.29) is 6.10 Å². The zero-order chi connectivity index (χ0) is 9.97. The molecule has 1 heterocycles. The lowest BCUT2D eigenvalue weighted by Gasteiger charge is -2.26. The van der Waals surface area contributed by atoms with Crippen LogP contribution >= 0.6 is 0 Å². The average molecular weight is 193 g/mol. The standard InChI is InChI=1S/C11H15NO2/c1-13-10-4-2-3-8-9(10)5-6-14-11(8)7-12/h2-4,11H,5-7,12H2,1H3. The molecule has 0 saturated heterocycles. The second kappa shape index (κ2) is 3.98. The number of fused-ring (bicyclic) bond motifs is 1. The summed E-state index contributed by atoms with van der Waals surface area (Å²) in [5.74, 6) is 0.948. The molecule has 1 atom stereocenters. The molecule has 1 aliphatic rings. The quantitative estimate of drug-likeness (QED) is 0.769. The molecule has 3 heteroatoms. The fourth-order valence-corrected chi connectivity index (χ4v) is 1.93. The molecule has 0 spiro atoms. The average Bonchev–Trinajstić information content (AvgIpc) is 2.27. The van der Waals surface area contributed by atoms with Crippen molar-refractivity contribution in [3.05, 3.63) is 29.3 Å². The van der Waals surface area contributed by atoms with Crippen LogP contribution in [0.3, 0.4) is 0 Å².